The van der Waals surface area contributed by atoms with Gasteiger partial charge in [-0.1, -0.05) is 0 Å². The van der Waals surface area contributed by atoms with Gasteiger partial charge in [0.25, 0.3) is 5.69 Å². The Bertz CT molecular complexity index is 339. The highest BCUT2D eigenvalue weighted by molar-refractivity contribution is 9.10. The van der Waals surface area contributed by atoms with E-state index in [1.54, 1.807) is 0 Å². The van der Waals surface area contributed by atoms with Gasteiger partial charge < -0.3 is 5.73 Å². The molecule has 0 aliphatic carbocycles. The summed E-state index contributed by atoms with van der Waals surface area (Å²) in [5, 5.41) is 22.2. The predicted octanol–water partition coefficient (Wildman–Crippen LogP) is 1.97. The molecule has 0 spiro atoms. The molecule has 7 heteroatoms. The van der Waals surface area contributed by atoms with Crippen LogP contribution in [0.15, 0.2) is 22.7 Å². The van der Waals surface area contributed by atoms with Crippen LogP contribution in [0.5, 0.6) is 0 Å². The largest absolute Gasteiger partial charge is 0.398 e. The highest BCUT2D eigenvalue weighted by Crippen LogP contribution is 2.24. The van der Waals surface area contributed by atoms with Crippen molar-refractivity contribution in [2.75, 3.05) is 5.73 Å². The van der Waals surface area contributed by atoms with Crippen molar-refractivity contribution in [3.63, 3.8) is 0 Å². The van der Waals surface area contributed by atoms with Crippen LogP contribution in [0.3, 0.4) is 0 Å². The summed E-state index contributed by atoms with van der Waals surface area (Å²) in [7, 11) is 0. The second kappa shape index (κ2) is 5.05. The number of halogens is 1. The average Bonchev–Trinajstić information content (AvgIpc) is 2.13. The number of non-ortho nitro benzene ring substituents is 1. The lowest BCUT2D eigenvalue weighted by atomic mass is 10.3. The first kappa shape index (κ1) is 11.3. The van der Waals surface area contributed by atoms with Crippen LogP contribution in [0.2, 0.25) is 0 Å². The van der Waals surface area contributed by atoms with E-state index in [0.29, 0.717) is 10.2 Å². The van der Waals surface area contributed by atoms with Gasteiger partial charge in [-0.3, -0.25) is 10.1 Å². The number of nitrogens with two attached hydrogens (primary N) is 1. The van der Waals surface area contributed by atoms with Gasteiger partial charge in [0.2, 0.25) is 0 Å². The number of nitrogens with zero attached hydrogens (tertiary/aromatic N) is 3. The monoisotopic (exact) mass is 244 g/mol. The second-order valence-corrected chi connectivity index (χ2v) is 2.82. The SMILES string of the molecule is N#N.Nc1ccc([N+](=O)[O-])cc1Br. The van der Waals surface area contributed by atoms with Gasteiger partial charge in [-0.05, 0) is 22.0 Å². The van der Waals surface area contributed by atoms with E-state index in [-0.39, 0.29) is 5.69 Å². The van der Waals surface area contributed by atoms with Gasteiger partial charge in [-0.2, -0.15) is 0 Å². The molecule has 0 heterocycles. The zero-order valence-corrected chi connectivity index (χ0v) is 7.93. The zero-order valence-electron chi connectivity index (χ0n) is 6.35. The van der Waals surface area contributed by atoms with Crippen LogP contribution in [0.1, 0.15) is 0 Å². The fourth-order valence-electron chi connectivity index (χ4n) is 0.630. The fraction of sp³-hybridized carbons (Fsp3) is 0. The van der Waals surface area contributed by atoms with Gasteiger partial charge in [0, 0.05) is 33.1 Å². The molecule has 1 rings (SSSR count). The quantitative estimate of drug-likeness (QED) is 0.351. The van der Waals surface area contributed by atoms with Gasteiger partial charge in [-0.25, -0.2) is 0 Å². The Balaban J connectivity index is 0.000000671. The molecule has 0 radical (unpaired) electrons. The highest BCUT2D eigenvalue weighted by Gasteiger charge is 2.06. The Hall–Kier alpha value is -1.68. The summed E-state index contributed by atoms with van der Waals surface area (Å²) in [5.41, 5.74) is 5.95. The molecule has 0 saturated carbocycles. The standard InChI is InChI=1S/C6H5BrN2O2.N2/c7-5-3-4(9(10)11)1-2-6(5)8;1-2/h1-3H,8H2;. The van der Waals surface area contributed by atoms with Crippen molar-refractivity contribution >= 4 is 27.3 Å². The Morgan fingerprint density at radius 3 is 2.38 bits per heavy atom. The van der Waals surface area contributed by atoms with Crippen molar-refractivity contribution in [2.24, 2.45) is 0 Å². The van der Waals surface area contributed by atoms with E-state index in [0.717, 1.165) is 0 Å². The molecule has 0 atom stereocenters. The summed E-state index contributed by atoms with van der Waals surface area (Å²) >= 11 is 3.08. The minimum atomic E-state index is -0.468. The molecule has 0 fully saturated rings. The van der Waals surface area contributed by atoms with E-state index in [4.69, 9.17) is 16.5 Å². The Morgan fingerprint density at radius 1 is 1.46 bits per heavy atom. The van der Waals surface area contributed by atoms with Crippen molar-refractivity contribution in [3.05, 3.63) is 32.8 Å². The van der Waals surface area contributed by atoms with Crippen molar-refractivity contribution in [3.8, 4) is 0 Å². The predicted molar refractivity (Wildman–Crippen MR) is 48.7 cm³/mol. The summed E-state index contributed by atoms with van der Waals surface area (Å²) in [5.74, 6) is 0. The van der Waals surface area contributed by atoms with Gasteiger partial charge in [-0.15, -0.1) is 0 Å². The zero-order chi connectivity index (χ0) is 10.4. The van der Waals surface area contributed by atoms with Crippen LogP contribution >= 0.6 is 15.9 Å². The van der Waals surface area contributed by atoms with Gasteiger partial charge in [0.05, 0.1) is 4.92 Å². The molecule has 0 saturated heterocycles. The normalized spacial score (nSPS) is 8.23. The van der Waals surface area contributed by atoms with E-state index in [1.807, 2.05) is 0 Å². The van der Waals surface area contributed by atoms with Gasteiger partial charge in [0.1, 0.15) is 0 Å². The lowest BCUT2D eigenvalue weighted by Crippen LogP contribution is -1.90. The molecule has 0 aliphatic rings. The number of benzene rings is 1. The smallest absolute Gasteiger partial charge is 0.270 e. The molecule has 1 aromatic carbocycles. The maximum Gasteiger partial charge on any atom is 0.270 e. The van der Waals surface area contributed by atoms with Crippen LogP contribution in [0.25, 0.3) is 0 Å². The first-order valence-corrected chi connectivity index (χ1v) is 3.80. The molecular weight excluding hydrogens is 240 g/mol. The summed E-state index contributed by atoms with van der Waals surface area (Å²) in [6.07, 6.45) is 0. The van der Waals surface area contributed by atoms with Crippen LogP contribution < -0.4 is 5.73 Å². The summed E-state index contributed by atoms with van der Waals surface area (Å²) in [6, 6.07) is 4.22. The maximum absolute atomic E-state index is 10.2. The number of nitrogen functional groups attached to an aromatic ring is 1. The van der Waals surface area contributed by atoms with Crippen LogP contribution in [-0.2, 0) is 0 Å². The molecule has 13 heavy (non-hydrogen) atoms. The van der Waals surface area contributed by atoms with E-state index in [1.165, 1.54) is 18.2 Å². The summed E-state index contributed by atoms with van der Waals surface area (Å²) in [4.78, 5) is 9.74. The van der Waals surface area contributed by atoms with Crippen molar-refractivity contribution < 1.29 is 4.92 Å². The Labute approximate surface area is 82.0 Å². The van der Waals surface area contributed by atoms with E-state index < -0.39 is 4.92 Å². The minimum absolute atomic E-state index is 0.0334. The lowest BCUT2D eigenvalue weighted by Gasteiger charge is -1.95. The third-order valence-corrected chi connectivity index (χ3v) is 1.88. The van der Waals surface area contributed by atoms with Crippen LogP contribution in [0, 0.1) is 20.9 Å². The number of hydrogen-bond donors (Lipinski definition) is 1. The molecule has 0 aromatic heterocycles. The molecule has 2 N–H and O–H groups in total. The molecule has 1 aromatic rings. The minimum Gasteiger partial charge on any atom is -0.398 e. The van der Waals surface area contributed by atoms with Crippen LogP contribution in [-0.4, -0.2) is 4.92 Å². The average molecular weight is 245 g/mol. The van der Waals surface area contributed by atoms with Crippen molar-refractivity contribution in [2.45, 2.75) is 0 Å². The van der Waals surface area contributed by atoms with E-state index >= 15 is 0 Å². The number of nitro groups is 1. The fourth-order valence-corrected chi connectivity index (χ4v) is 0.996. The molecule has 0 unspecified atom stereocenters. The van der Waals surface area contributed by atoms with Crippen molar-refractivity contribution in [1.29, 1.82) is 10.8 Å². The molecular formula is C6H5BrN4O2. The first-order chi connectivity index (χ1) is 6.11. The lowest BCUT2D eigenvalue weighted by molar-refractivity contribution is -0.384. The van der Waals surface area contributed by atoms with Crippen LogP contribution in [0.4, 0.5) is 11.4 Å². The van der Waals surface area contributed by atoms with Crippen molar-refractivity contribution in [1.82, 2.24) is 0 Å². The van der Waals surface area contributed by atoms with Gasteiger partial charge in [0.15, 0.2) is 0 Å². The molecule has 6 nitrogen and oxygen atoms in total. The summed E-state index contributed by atoms with van der Waals surface area (Å²) in [6.45, 7) is 0. The molecule has 0 aliphatic heterocycles. The highest BCUT2D eigenvalue weighted by atomic mass is 79.9. The Morgan fingerprint density at radius 2 is 2.00 bits per heavy atom. The molecule has 0 amide bonds. The van der Waals surface area contributed by atoms with E-state index in [9.17, 15) is 10.1 Å². The third-order valence-electron chi connectivity index (χ3n) is 1.19. The topological polar surface area (TPSA) is 117 Å². The first-order valence-electron chi connectivity index (χ1n) is 3.00. The number of hydrogen-bond acceptors (Lipinski definition) is 5. The Kier molecular flexibility index (Phi) is 4.40. The number of nitro benzene ring substituents is 1. The van der Waals surface area contributed by atoms with Gasteiger partial charge >= 0.3 is 0 Å². The molecule has 0 bridgehead atoms. The second-order valence-electron chi connectivity index (χ2n) is 1.96. The number of anilines is 1. The number of rotatable bonds is 1. The third kappa shape index (κ3) is 3.04. The molecule has 68 valence electrons. The maximum atomic E-state index is 10.2. The van der Waals surface area contributed by atoms with E-state index in [2.05, 4.69) is 15.9 Å². The summed E-state index contributed by atoms with van der Waals surface area (Å²) < 4.78 is 0.548.